The molecule has 0 unspecified atom stereocenters. The molecule has 0 atom stereocenters. The van der Waals surface area contributed by atoms with Crippen molar-refractivity contribution in [2.24, 2.45) is 0 Å². The van der Waals surface area contributed by atoms with Crippen LogP contribution in [0.2, 0.25) is 0 Å². The number of rotatable bonds is 4. The van der Waals surface area contributed by atoms with Crippen molar-refractivity contribution in [3.63, 3.8) is 0 Å². The van der Waals surface area contributed by atoms with E-state index in [0.29, 0.717) is 11.3 Å². The minimum Gasteiger partial charge on any atom is -0.406 e. The smallest absolute Gasteiger partial charge is 0.406 e. The van der Waals surface area contributed by atoms with Crippen LogP contribution in [0.5, 0.6) is 5.75 Å². The van der Waals surface area contributed by atoms with Gasteiger partial charge in [0, 0.05) is 5.69 Å². The second-order valence-electron chi connectivity index (χ2n) is 4.43. The average Bonchev–Trinajstić information content (AvgIpc) is 2.39. The third-order valence-corrected chi connectivity index (χ3v) is 2.63. The number of anilines is 1. The summed E-state index contributed by atoms with van der Waals surface area (Å²) in [5.41, 5.74) is 0.811. The Labute approximate surface area is 123 Å². The largest absolute Gasteiger partial charge is 0.573 e. The fourth-order valence-corrected chi connectivity index (χ4v) is 1.78. The maximum Gasteiger partial charge on any atom is 0.573 e. The Hall–Kier alpha value is -2.57. The van der Waals surface area contributed by atoms with Gasteiger partial charge < -0.3 is 10.1 Å². The van der Waals surface area contributed by atoms with E-state index in [4.69, 9.17) is 0 Å². The molecule has 22 heavy (non-hydrogen) atoms. The van der Waals surface area contributed by atoms with Gasteiger partial charge in [-0.05, 0) is 42.0 Å². The Morgan fingerprint density at radius 1 is 1.09 bits per heavy atom. The fourth-order valence-electron chi connectivity index (χ4n) is 1.78. The van der Waals surface area contributed by atoms with Crippen LogP contribution < -0.4 is 10.1 Å². The topological polar surface area (TPSA) is 38.3 Å². The van der Waals surface area contributed by atoms with E-state index in [1.54, 1.807) is 6.07 Å². The highest BCUT2D eigenvalue weighted by atomic mass is 19.4. The van der Waals surface area contributed by atoms with E-state index in [-0.39, 0.29) is 12.2 Å². The standard InChI is InChI=1S/C15H11F4NO2/c16-11-3-1-2-10(8-11)9-14(21)20-12-4-6-13(7-5-12)22-15(17,18)19/h1-8H,9H2,(H,20,21). The third-order valence-electron chi connectivity index (χ3n) is 2.63. The predicted octanol–water partition coefficient (Wildman–Crippen LogP) is 3.91. The van der Waals surface area contributed by atoms with Crippen molar-refractivity contribution in [2.45, 2.75) is 12.8 Å². The molecule has 0 fully saturated rings. The van der Waals surface area contributed by atoms with Gasteiger partial charge in [0.1, 0.15) is 11.6 Å². The van der Waals surface area contributed by atoms with Crippen LogP contribution in [0.15, 0.2) is 48.5 Å². The molecule has 0 aliphatic carbocycles. The van der Waals surface area contributed by atoms with E-state index in [1.807, 2.05) is 0 Å². The highest BCUT2D eigenvalue weighted by molar-refractivity contribution is 5.92. The molecule has 1 N–H and O–H groups in total. The number of carbonyl (C=O) groups excluding carboxylic acids is 1. The van der Waals surface area contributed by atoms with E-state index in [1.165, 1.54) is 30.3 Å². The quantitative estimate of drug-likeness (QED) is 0.869. The molecular weight excluding hydrogens is 302 g/mol. The molecule has 7 heteroatoms. The molecule has 2 aromatic rings. The molecule has 116 valence electrons. The molecule has 3 nitrogen and oxygen atoms in total. The van der Waals surface area contributed by atoms with Crippen LogP contribution in [0.25, 0.3) is 0 Å². The first-order chi connectivity index (χ1) is 10.3. The molecule has 1 amide bonds. The molecule has 0 aliphatic rings. The summed E-state index contributed by atoms with van der Waals surface area (Å²) >= 11 is 0. The lowest BCUT2D eigenvalue weighted by Gasteiger charge is -2.10. The second-order valence-corrected chi connectivity index (χ2v) is 4.43. The van der Waals surface area contributed by atoms with Crippen LogP contribution >= 0.6 is 0 Å². The number of carbonyl (C=O) groups is 1. The highest BCUT2D eigenvalue weighted by Crippen LogP contribution is 2.24. The Morgan fingerprint density at radius 3 is 2.36 bits per heavy atom. The number of nitrogens with one attached hydrogen (secondary N) is 1. The van der Waals surface area contributed by atoms with Crippen molar-refractivity contribution in [3.8, 4) is 5.75 Å². The van der Waals surface area contributed by atoms with Gasteiger partial charge >= 0.3 is 6.36 Å². The molecule has 0 aromatic heterocycles. The zero-order valence-corrected chi connectivity index (χ0v) is 11.2. The first-order valence-corrected chi connectivity index (χ1v) is 6.22. The number of ether oxygens (including phenoxy) is 1. The van der Waals surface area contributed by atoms with E-state index in [9.17, 15) is 22.4 Å². The molecule has 2 aromatic carbocycles. The number of hydrogen-bond acceptors (Lipinski definition) is 2. The van der Waals surface area contributed by atoms with E-state index in [0.717, 1.165) is 12.1 Å². The van der Waals surface area contributed by atoms with Crippen molar-refractivity contribution >= 4 is 11.6 Å². The third kappa shape index (κ3) is 5.08. The molecule has 2 rings (SSSR count). The van der Waals surface area contributed by atoms with Crippen molar-refractivity contribution < 1.29 is 27.1 Å². The zero-order valence-electron chi connectivity index (χ0n) is 11.2. The van der Waals surface area contributed by atoms with Crippen LogP contribution in [0.4, 0.5) is 23.2 Å². The van der Waals surface area contributed by atoms with Crippen molar-refractivity contribution in [3.05, 3.63) is 59.9 Å². The number of alkyl halides is 3. The fraction of sp³-hybridized carbons (Fsp3) is 0.133. The Kier molecular flexibility index (Phi) is 4.65. The van der Waals surface area contributed by atoms with Crippen LogP contribution in [0.3, 0.4) is 0 Å². The lowest BCUT2D eigenvalue weighted by Crippen LogP contribution is -2.17. The van der Waals surface area contributed by atoms with E-state index >= 15 is 0 Å². The summed E-state index contributed by atoms with van der Waals surface area (Å²) in [6.45, 7) is 0. The summed E-state index contributed by atoms with van der Waals surface area (Å²) < 4.78 is 52.7. The van der Waals surface area contributed by atoms with Gasteiger partial charge in [0.05, 0.1) is 6.42 Å². The van der Waals surface area contributed by atoms with Crippen LogP contribution in [-0.4, -0.2) is 12.3 Å². The molecule has 0 saturated carbocycles. The lowest BCUT2D eigenvalue weighted by atomic mass is 10.1. The molecular formula is C15H11F4NO2. The van der Waals surface area contributed by atoms with Crippen molar-refractivity contribution in [2.75, 3.05) is 5.32 Å². The molecule has 0 spiro atoms. The SMILES string of the molecule is O=C(Cc1cccc(F)c1)Nc1ccc(OC(F)(F)F)cc1. The minimum absolute atomic E-state index is 0.0431. The number of benzene rings is 2. The Balaban J connectivity index is 1.94. The summed E-state index contributed by atoms with van der Waals surface area (Å²) in [5, 5.41) is 2.50. The van der Waals surface area contributed by atoms with Gasteiger partial charge in [-0.1, -0.05) is 12.1 Å². The van der Waals surface area contributed by atoms with Gasteiger partial charge in [-0.15, -0.1) is 13.2 Å². The normalized spacial score (nSPS) is 11.1. The lowest BCUT2D eigenvalue weighted by molar-refractivity contribution is -0.274. The Bertz CT molecular complexity index is 653. The first kappa shape index (κ1) is 15.8. The number of halogens is 4. The molecule has 0 bridgehead atoms. The van der Waals surface area contributed by atoms with Crippen molar-refractivity contribution in [1.82, 2.24) is 0 Å². The predicted molar refractivity (Wildman–Crippen MR) is 71.9 cm³/mol. The highest BCUT2D eigenvalue weighted by Gasteiger charge is 2.30. The summed E-state index contributed by atoms with van der Waals surface area (Å²) in [7, 11) is 0. The van der Waals surface area contributed by atoms with Gasteiger partial charge in [0.15, 0.2) is 0 Å². The maximum absolute atomic E-state index is 13.0. The maximum atomic E-state index is 13.0. The van der Waals surface area contributed by atoms with Crippen molar-refractivity contribution in [1.29, 1.82) is 0 Å². The summed E-state index contributed by atoms with van der Waals surface area (Å²) in [6, 6.07) is 10.3. The van der Waals surface area contributed by atoms with Gasteiger partial charge in [-0.25, -0.2) is 4.39 Å². The van der Waals surface area contributed by atoms with Crippen LogP contribution in [0.1, 0.15) is 5.56 Å². The summed E-state index contributed by atoms with van der Waals surface area (Å²) in [4.78, 5) is 11.8. The van der Waals surface area contributed by atoms with Gasteiger partial charge in [-0.2, -0.15) is 0 Å². The zero-order chi connectivity index (χ0) is 16.2. The molecule has 0 radical (unpaired) electrons. The average molecular weight is 313 g/mol. The Morgan fingerprint density at radius 2 is 1.77 bits per heavy atom. The van der Waals surface area contributed by atoms with E-state index in [2.05, 4.69) is 10.1 Å². The number of hydrogen-bond donors (Lipinski definition) is 1. The minimum atomic E-state index is -4.76. The van der Waals surface area contributed by atoms with Gasteiger partial charge in [0.2, 0.25) is 5.91 Å². The first-order valence-electron chi connectivity index (χ1n) is 6.22. The summed E-state index contributed by atoms with van der Waals surface area (Å²) in [6.07, 6.45) is -4.80. The second kappa shape index (κ2) is 6.46. The number of amides is 1. The molecule has 0 heterocycles. The van der Waals surface area contributed by atoms with Crippen LogP contribution in [-0.2, 0) is 11.2 Å². The van der Waals surface area contributed by atoms with Gasteiger partial charge in [0.25, 0.3) is 0 Å². The molecule has 0 saturated heterocycles. The van der Waals surface area contributed by atoms with Crippen LogP contribution in [0, 0.1) is 5.82 Å². The molecule has 0 aliphatic heterocycles. The monoisotopic (exact) mass is 313 g/mol. The van der Waals surface area contributed by atoms with Gasteiger partial charge in [-0.3, -0.25) is 4.79 Å². The summed E-state index contributed by atoms with van der Waals surface area (Å²) in [5.74, 6) is -1.23. The van der Waals surface area contributed by atoms with E-state index < -0.39 is 18.1 Å².